The van der Waals surface area contributed by atoms with Gasteiger partial charge in [0.25, 0.3) is 5.91 Å². The summed E-state index contributed by atoms with van der Waals surface area (Å²) in [6.07, 6.45) is 0.118. The monoisotopic (exact) mass is 313 g/mol. The lowest BCUT2D eigenvalue weighted by molar-refractivity contribution is -0.128. The molecule has 1 amide bonds. The van der Waals surface area contributed by atoms with Gasteiger partial charge >= 0.3 is 0 Å². The Kier molecular flexibility index (Phi) is 6.48. The lowest BCUT2D eigenvalue weighted by atomic mass is 10.2. The molecule has 122 valence electrons. The fraction of sp³-hybridized carbons (Fsp3) is 0.316. The van der Waals surface area contributed by atoms with E-state index in [1.54, 1.807) is 0 Å². The lowest BCUT2D eigenvalue weighted by Crippen LogP contribution is -2.37. The molecular formula is C19H23NO3. The minimum atomic E-state index is -0.493. The Labute approximate surface area is 137 Å². The van der Waals surface area contributed by atoms with Crippen LogP contribution in [0.4, 0.5) is 0 Å². The third kappa shape index (κ3) is 5.33. The minimum absolute atomic E-state index is 0.113. The number of para-hydroxylation sites is 1. The molecule has 0 bridgehead atoms. The number of hydrogen-bond donors (Lipinski definition) is 1. The van der Waals surface area contributed by atoms with Crippen LogP contribution in [0.15, 0.2) is 54.6 Å². The average molecular weight is 313 g/mol. The summed E-state index contributed by atoms with van der Waals surface area (Å²) in [5.74, 6) is 1.40. The van der Waals surface area contributed by atoms with E-state index in [1.165, 1.54) is 0 Å². The Morgan fingerprint density at radius 2 is 1.78 bits per heavy atom. The first-order valence-electron chi connectivity index (χ1n) is 7.94. The van der Waals surface area contributed by atoms with Crippen molar-refractivity contribution in [2.75, 3.05) is 6.61 Å². The maximum Gasteiger partial charge on any atom is 0.261 e. The highest BCUT2D eigenvalue weighted by Crippen LogP contribution is 2.14. The second-order valence-electron chi connectivity index (χ2n) is 5.13. The van der Waals surface area contributed by atoms with Gasteiger partial charge in [-0.1, -0.05) is 37.3 Å². The quantitative estimate of drug-likeness (QED) is 0.810. The standard InChI is InChI=1S/C19H23NO3/c1-3-18(23-16-10-6-5-7-11-16)19(21)20-14-15-9-8-12-17(13-15)22-4-2/h5-13,18H,3-4,14H2,1-2H3,(H,20,21)/t18-/m1/s1. The Morgan fingerprint density at radius 1 is 1.04 bits per heavy atom. The molecular weight excluding hydrogens is 290 g/mol. The zero-order valence-electron chi connectivity index (χ0n) is 13.6. The van der Waals surface area contributed by atoms with E-state index in [1.807, 2.05) is 68.4 Å². The van der Waals surface area contributed by atoms with Gasteiger partial charge in [0.1, 0.15) is 11.5 Å². The third-order valence-corrected chi connectivity index (χ3v) is 3.36. The summed E-state index contributed by atoms with van der Waals surface area (Å²) in [7, 11) is 0. The van der Waals surface area contributed by atoms with Crippen molar-refractivity contribution in [1.82, 2.24) is 5.32 Å². The van der Waals surface area contributed by atoms with Gasteiger partial charge in [0.15, 0.2) is 6.10 Å². The van der Waals surface area contributed by atoms with E-state index < -0.39 is 6.10 Å². The Morgan fingerprint density at radius 3 is 2.48 bits per heavy atom. The van der Waals surface area contributed by atoms with Crippen molar-refractivity contribution < 1.29 is 14.3 Å². The van der Waals surface area contributed by atoms with Crippen LogP contribution in [0.2, 0.25) is 0 Å². The second kappa shape index (κ2) is 8.83. The van der Waals surface area contributed by atoms with Gasteiger partial charge in [-0.15, -0.1) is 0 Å². The van der Waals surface area contributed by atoms with E-state index in [-0.39, 0.29) is 5.91 Å². The molecule has 0 aliphatic carbocycles. The van der Waals surface area contributed by atoms with Crippen LogP contribution in [0.1, 0.15) is 25.8 Å². The molecule has 0 unspecified atom stereocenters. The summed E-state index contributed by atoms with van der Waals surface area (Å²) in [5.41, 5.74) is 0.999. The summed E-state index contributed by atoms with van der Waals surface area (Å²) >= 11 is 0. The van der Waals surface area contributed by atoms with Gasteiger partial charge < -0.3 is 14.8 Å². The van der Waals surface area contributed by atoms with Gasteiger partial charge in [0, 0.05) is 6.54 Å². The second-order valence-corrected chi connectivity index (χ2v) is 5.13. The Bertz CT molecular complexity index is 613. The first kappa shape index (κ1) is 16.9. The molecule has 0 radical (unpaired) electrons. The molecule has 0 aliphatic heterocycles. The predicted molar refractivity (Wildman–Crippen MR) is 90.6 cm³/mol. The fourth-order valence-electron chi connectivity index (χ4n) is 2.20. The molecule has 0 saturated carbocycles. The summed E-state index contributed by atoms with van der Waals surface area (Å²) in [4.78, 5) is 12.3. The van der Waals surface area contributed by atoms with E-state index in [2.05, 4.69) is 5.32 Å². The van der Waals surface area contributed by atoms with Gasteiger partial charge in [0.05, 0.1) is 6.61 Å². The van der Waals surface area contributed by atoms with E-state index in [0.717, 1.165) is 11.3 Å². The van der Waals surface area contributed by atoms with Crippen molar-refractivity contribution in [2.45, 2.75) is 32.9 Å². The normalized spacial score (nSPS) is 11.6. The number of nitrogens with one attached hydrogen (secondary N) is 1. The van der Waals surface area contributed by atoms with Crippen LogP contribution >= 0.6 is 0 Å². The Balaban J connectivity index is 1.90. The highest BCUT2D eigenvalue weighted by atomic mass is 16.5. The molecule has 4 heteroatoms. The minimum Gasteiger partial charge on any atom is -0.494 e. The lowest BCUT2D eigenvalue weighted by Gasteiger charge is -2.17. The molecule has 1 N–H and O–H groups in total. The van der Waals surface area contributed by atoms with E-state index in [9.17, 15) is 4.79 Å². The fourth-order valence-corrected chi connectivity index (χ4v) is 2.20. The molecule has 0 fully saturated rings. The summed E-state index contributed by atoms with van der Waals surface area (Å²) in [6, 6.07) is 17.1. The number of hydrogen-bond acceptors (Lipinski definition) is 3. The van der Waals surface area contributed by atoms with Crippen molar-refractivity contribution in [3.05, 3.63) is 60.2 Å². The van der Waals surface area contributed by atoms with Crippen LogP contribution < -0.4 is 14.8 Å². The smallest absolute Gasteiger partial charge is 0.261 e. The Hall–Kier alpha value is -2.49. The topological polar surface area (TPSA) is 47.6 Å². The number of amides is 1. The van der Waals surface area contributed by atoms with Gasteiger partial charge in [-0.25, -0.2) is 0 Å². The molecule has 1 atom stereocenters. The average Bonchev–Trinajstić information content (AvgIpc) is 2.59. The molecule has 2 aromatic rings. The van der Waals surface area contributed by atoms with E-state index >= 15 is 0 Å². The van der Waals surface area contributed by atoms with Crippen LogP contribution in [0.25, 0.3) is 0 Å². The number of carbonyl (C=O) groups excluding carboxylic acids is 1. The van der Waals surface area contributed by atoms with Crippen molar-refractivity contribution in [3.63, 3.8) is 0 Å². The zero-order chi connectivity index (χ0) is 16.5. The van der Waals surface area contributed by atoms with Gasteiger partial charge in [-0.2, -0.15) is 0 Å². The van der Waals surface area contributed by atoms with E-state index in [4.69, 9.17) is 9.47 Å². The molecule has 4 nitrogen and oxygen atoms in total. The van der Waals surface area contributed by atoms with Crippen molar-refractivity contribution in [3.8, 4) is 11.5 Å². The molecule has 2 rings (SSSR count). The molecule has 0 saturated heterocycles. The van der Waals surface area contributed by atoms with Crippen LogP contribution in [0.5, 0.6) is 11.5 Å². The highest BCUT2D eigenvalue weighted by Gasteiger charge is 2.17. The largest absolute Gasteiger partial charge is 0.494 e. The van der Waals surface area contributed by atoms with Gasteiger partial charge in [-0.3, -0.25) is 4.79 Å². The molecule has 0 spiro atoms. The molecule has 0 heterocycles. The summed E-state index contributed by atoms with van der Waals surface area (Å²) in [6.45, 7) is 4.96. The zero-order valence-corrected chi connectivity index (χ0v) is 13.6. The summed E-state index contributed by atoms with van der Waals surface area (Å²) in [5, 5.41) is 2.92. The van der Waals surface area contributed by atoms with Crippen LogP contribution in [0, 0.1) is 0 Å². The van der Waals surface area contributed by atoms with Gasteiger partial charge in [0.2, 0.25) is 0 Å². The maximum absolute atomic E-state index is 12.3. The molecule has 0 aliphatic rings. The van der Waals surface area contributed by atoms with Crippen LogP contribution in [-0.2, 0) is 11.3 Å². The SMILES string of the molecule is CCOc1cccc(CNC(=O)[C@@H](CC)Oc2ccccc2)c1. The van der Waals surface area contributed by atoms with Crippen LogP contribution in [-0.4, -0.2) is 18.6 Å². The maximum atomic E-state index is 12.3. The predicted octanol–water partition coefficient (Wildman–Crippen LogP) is 3.56. The first-order valence-corrected chi connectivity index (χ1v) is 7.94. The number of benzene rings is 2. The summed E-state index contributed by atoms with van der Waals surface area (Å²) < 4.78 is 11.2. The molecule has 2 aromatic carbocycles. The van der Waals surface area contributed by atoms with Crippen molar-refractivity contribution >= 4 is 5.91 Å². The number of rotatable bonds is 8. The number of ether oxygens (including phenoxy) is 2. The van der Waals surface area contributed by atoms with Crippen molar-refractivity contribution in [1.29, 1.82) is 0 Å². The van der Waals surface area contributed by atoms with E-state index in [0.29, 0.717) is 25.3 Å². The van der Waals surface area contributed by atoms with Gasteiger partial charge in [-0.05, 0) is 43.2 Å². The third-order valence-electron chi connectivity index (χ3n) is 3.36. The molecule has 23 heavy (non-hydrogen) atoms. The van der Waals surface area contributed by atoms with Crippen molar-refractivity contribution in [2.24, 2.45) is 0 Å². The number of carbonyl (C=O) groups is 1. The highest BCUT2D eigenvalue weighted by molar-refractivity contribution is 5.81. The van der Waals surface area contributed by atoms with Crippen LogP contribution in [0.3, 0.4) is 0 Å². The molecule has 0 aromatic heterocycles. The first-order chi connectivity index (χ1) is 11.2.